The number of rotatable bonds is 7. The summed E-state index contributed by atoms with van der Waals surface area (Å²) >= 11 is 0. The summed E-state index contributed by atoms with van der Waals surface area (Å²) < 4.78 is 16.1. The van der Waals surface area contributed by atoms with Gasteiger partial charge in [-0.05, 0) is 34.1 Å². The quantitative estimate of drug-likeness (QED) is 0.636. The van der Waals surface area contributed by atoms with Crippen LogP contribution in [0.25, 0.3) is 0 Å². The molecule has 3 nitrogen and oxygen atoms in total. The van der Waals surface area contributed by atoms with E-state index in [1.54, 1.807) is 14.2 Å². The summed E-state index contributed by atoms with van der Waals surface area (Å²) in [6.07, 6.45) is 0.892. The van der Waals surface area contributed by atoms with Crippen LogP contribution in [0.15, 0.2) is 0 Å². The molecule has 0 atom stereocenters. The fourth-order valence-electron chi connectivity index (χ4n) is 0.848. The largest absolute Gasteiger partial charge is 0.385 e. The average molecular weight is 204 g/mol. The van der Waals surface area contributed by atoms with Gasteiger partial charge in [-0.3, -0.25) is 0 Å². The van der Waals surface area contributed by atoms with Gasteiger partial charge in [0.25, 0.3) is 0 Å². The standard InChI is InChI=1S/C11H24O3/c1-10(2,7-8-12-5)14-9-11(3,4)13-6/h7-9H2,1-6H3. The van der Waals surface area contributed by atoms with Crippen LogP contribution in [0, 0.1) is 0 Å². The van der Waals surface area contributed by atoms with Crippen molar-refractivity contribution in [3.05, 3.63) is 0 Å². The molecule has 0 aliphatic rings. The number of methoxy groups -OCH3 is 2. The van der Waals surface area contributed by atoms with Crippen LogP contribution in [0.3, 0.4) is 0 Å². The van der Waals surface area contributed by atoms with Crippen LogP contribution >= 0.6 is 0 Å². The Bertz CT molecular complexity index is 153. The van der Waals surface area contributed by atoms with Crippen LogP contribution in [0.5, 0.6) is 0 Å². The first-order chi connectivity index (χ1) is 6.33. The summed E-state index contributed by atoms with van der Waals surface area (Å²) in [6.45, 7) is 9.48. The third-order valence-corrected chi connectivity index (χ3v) is 2.27. The number of hydrogen-bond donors (Lipinski definition) is 0. The SMILES string of the molecule is COCCC(C)(C)OCC(C)(C)OC. The van der Waals surface area contributed by atoms with E-state index in [1.807, 2.05) is 13.8 Å². The van der Waals surface area contributed by atoms with Crippen molar-refractivity contribution < 1.29 is 14.2 Å². The van der Waals surface area contributed by atoms with Crippen molar-refractivity contribution in [1.29, 1.82) is 0 Å². The predicted octanol–water partition coefficient (Wildman–Crippen LogP) is 2.24. The molecule has 0 aliphatic carbocycles. The molecule has 0 fully saturated rings. The monoisotopic (exact) mass is 204 g/mol. The van der Waals surface area contributed by atoms with Gasteiger partial charge in [-0.25, -0.2) is 0 Å². The van der Waals surface area contributed by atoms with Crippen molar-refractivity contribution in [1.82, 2.24) is 0 Å². The molecule has 0 N–H and O–H groups in total. The Hall–Kier alpha value is -0.120. The smallest absolute Gasteiger partial charge is 0.0855 e. The Morgan fingerprint density at radius 1 is 0.929 bits per heavy atom. The molecule has 0 aliphatic heterocycles. The van der Waals surface area contributed by atoms with Gasteiger partial charge in [-0.15, -0.1) is 0 Å². The molecular weight excluding hydrogens is 180 g/mol. The van der Waals surface area contributed by atoms with Crippen molar-refractivity contribution >= 4 is 0 Å². The van der Waals surface area contributed by atoms with Crippen LogP contribution in [0.2, 0.25) is 0 Å². The molecule has 0 saturated carbocycles. The molecule has 0 heterocycles. The molecule has 0 spiro atoms. The lowest BCUT2D eigenvalue weighted by atomic mass is 10.1. The summed E-state index contributed by atoms with van der Waals surface area (Å²) in [5.41, 5.74) is -0.365. The van der Waals surface area contributed by atoms with E-state index in [0.717, 1.165) is 13.0 Å². The Kier molecular flexibility index (Phi) is 5.64. The summed E-state index contributed by atoms with van der Waals surface area (Å²) in [5, 5.41) is 0. The number of ether oxygens (including phenoxy) is 3. The van der Waals surface area contributed by atoms with Crippen LogP contribution in [-0.2, 0) is 14.2 Å². The lowest BCUT2D eigenvalue weighted by Gasteiger charge is -2.31. The molecule has 0 unspecified atom stereocenters. The van der Waals surface area contributed by atoms with Crippen LogP contribution < -0.4 is 0 Å². The van der Waals surface area contributed by atoms with Crippen molar-refractivity contribution in [2.75, 3.05) is 27.4 Å². The fourth-order valence-corrected chi connectivity index (χ4v) is 0.848. The molecule has 14 heavy (non-hydrogen) atoms. The third kappa shape index (κ3) is 6.35. The van der Waals surface area contributed by atoms with Gasteiger partial charge in [0.2, 0.25) is 0 Å². The summed E-state index contributed by atoms with van der Waals surface area (Å²) in [7, 11) is 3.40. The molecule has 0 aromatic carbocycles. The minimum atomic E-state index is -0.218. The predicted molar refractivity (Wildman–Crippen MR) is 57.6 cm³/mol. The second kappa shape index (κ2) is 5.69. The van der Waals surface area contributed by atoms with Crippen LogP contribution in [-0.4, -0.2) is 38.6 Å². The first-order valence-corrected chi connectivity index (χ1v) is 5.01. The first kappa shape index (κ1) is 13.9. The van der Waals surface area contributed by atoms with E-state index in [1.165, 1.54) is 0 Å². The zero-order chi connectivity index (χ0) is 11.2. The molecule has 0 aromatic heterocycles. The van der Waals surface area contributed by atoms with Gasteiger partial charge < -0.3 is 14.2 Å². The Balaban J connectivity index is 3.85. The Morgan fingerprint density at radius 3 is 1.93 bits per heavy atom. The molecule has 0 amide bonds. The van der Waals surface area contributed by atoms with E-state index in [9.17, 15) is 0 Å². The second-order valence-electron chi connectivity index (χ2n) is 4.75. The summed E-state index contributed by atoms with van der Waals surface area (Å²) in [6, 6.07) is 0. The van der Waals surface area contributed by atoms with E-state index in [0.29, 0.717) is 6.61 Å². The van der Waals surface area contributed by atoms with E-state index in [-0.39, 0.29) is 11.2 Å². The fraction of sp³-hybridized carbons (Fsp3) is 1.00. The van der Waals surface area contributed by atoms with Crippen LogP contribution in [0.4, 0.5) is 0 Å². The minimum Gasteiger partial charge on any atom is -0.385 e. The third-order valence-electron chi connectivity index (χ3n) is 2.27. The highest BCUT2D eigenvalue weighted by atomic mass is 16.5. The zero-order valence-electron chi connectivity index (χ0n) is 10.3. The maximum Gasteiger partial charge on any atom is 0.0855 e. The van der Waals surface area contributed by atoms with Gasteiger partial charge in [0.15, 0.2) is 0 Å². The zero-order valence-corrected chi connectivity index (χ0v) is 10.3. The van der Waals surface area contributed by atoms with Crippen molar-refractivity contribution in [3.8, 4) is 0 Å². The summed E-state index contributed by atoms with van der Waals surface area (Å²) in [4.78, 5) is 0. The van der Waals surface area contributed by atoms with E-state index in [2.05, 4.69) is 13.8 Å². The normalized spacial score (nSPS) is 13.3. The highest BCUT2D eigenvalue weighted by Crippen LogP contribution is 2.18. The molecule has 0 bridgehead atoms. The topological polar surface area (TPSA) is 27.7 Å². The first-order valence-electron chi connectivity index (χ1n) is 5.01. The lowest BCUT2D eigenvalue weighted by Crippen LogP contribution is -2.36. The molecule has 0 saturated heterocycles. The average Bonchev–Trinajstić information content (AvgIpc) is 2.12. The van der Waals surface area contributed by atoms with Gasteiger partial charge in [0.1, 0.15) is 0 Å². The van der Waals surface area contributed by atoms with Crippen molar-refractivity contribution in [3.63, 3.8) is 0 Å². The summed E-state index contributed by atoms with van der Waals surface area (Å²) in [5.74, 6) is 0. The Morgan fingerprint density at radius 2 is 1.50 bits per heavy atom. The second-order valence-corrected chi connectivity index (χ2v) is 4.75. The molecular formula is C11H24O3. The maximum absolute atomic E-state index is 5.78. The van der Waals surface area contributed by atoms with E-state index < -0.39 is 0 Å². The number of hydrogen-bond acceptors (Lipinski definition) is 3. The molecule has 0 radical (unpaired) electrons. The van der Waals surface area contributed by atoms with E-state index in [4.69, 9.17) is 14.2 Å². The highest BCUT2D eigenvalue weighted by Gasteiger charge is 2.24. The molecule has 0 rings (SSSR count). The van der Waals surface area contributed by atoms with Crippen LogP contribution in [0.1, 0.15) is 34.1 Å². The van der Waals surface area contributed by atoms with Gasteiger partial charge in [0, 0.05) is 20.8 Å². The molecule has 0 aromatic rings. The van der Waals surface area contributed by atoms with Crippen molar-refractivity contribution in [2.45, 2.75) is 45.3 Å². The van der Waals surface area contributed by atoms with Gasteiger partial charge in [-0.1, -0.05) is 0 Å². The minimum absolute atomic E-state index is 0.147. The lowest BCUT2D eigenvalue weighted by molar-refractivity contribution is -0.113. The molecule has 86 valence electrons. The van der Waals surface area contributed by atoms with E-state index >= 15 is 0 Å². The maximum atomic E-state index is 5.78. The van der Waals surface area contributed by atoms with Gasteiger partial charge in [0.05, 0.1) is 17.8 Å². The Labute approximate surface area is 87.7 Å². The molecule has 3 heteroatoms. The van der Waals surface area contributed by atoms with Gasteiger partial charge >= 0.3 is 0 Å². The highest BCUT2D eigenvalue weighted by molar-refractivity contribution is 4.73. The van der Waals surface area contributed by atoms with Gasteiger partial charge in [-0.2, -0.15) is 0 Å². The van der Waals surface area contributed by atoms with Crippen molar-refractivity contribution in [2.24, 2.45) is 0 Å².